The molecular weight excluding hydrogens is 540 g/mol. The van der Waals surface area contributed by atoms with Crippen molar-refractivity contribution in [2.24, 2.45) is 0 Å². The third-order valence-electron chi connectivity index (χ3n) is 7.45. The minimum Gasteiger partial charge on any atom is -0.493 e. The summed E-state index contributed by atoms with van der Waals surface area (Å²) in [6.07, 6.45) is 3.05. The molecule has 43 heavy (non-hydrogen) atoms. The third-order valence-corrected chi connectivity index (χ3v) is 7.45. The van der Waals surface area contributed by atoms with E-state index in [1.165, 1.54) is 0 Å². The molecule has 4 aromatic carbocycles. The number of fused-ring (bicyclic) bond motifs is 1. The maximum atomic E-state index is 11.3. The molecule has 0 radical (unpaired) electrons. The smallest absolute Gasteiger partial charge is 0.162 e. The first-order valence-electron chi connectivity index (χ1n) is 15.4. The molecule has 1 aliphatic heterocycles. The van der Waals surface area contributed by atoms with Crippen molar-refractivity contribution in [2.75, 3.05) is 13.2 Å². The second-order valence-electron chi connectivity index (χ2n) is 10.9. The summed E-state index contributed by atoms with van der Waals surface area (Å²) in [7, 11) is 0. The van der Waals surface area contributed by atoms with Gasteiger partial charge >= 0.3 is 0 Å². The molecule has 0 spiro atoms. The van der Waals surface area contributed by atoms with Crippen molar-refractivity contribution in [2.45, 2.75) is 71.4 Å². The average molecular weight is 583 g/mol. The van der Waals surface area contributed by atoms with Gasteiger partial charge in [-0.15, -0.1) is 0 Å². The van der Waals surface area contributed by atoms with Gasteiger partial charge in [-0.2, -0.15) is 0 Å². The monoisotopic (exact) mass is 582 g/mol. The molecule has 4 aromatic rings. The van der Waals surface area contributed by atoms with Crippen molar-refractivity contribution in [3.05, 3.63) is 113 Å². The van der Waals surface area contributed by atoms with Crippen molar-refractivity contribution in [3.8, 4) is 28.7 Å². The number of benzene rings is 4. The van der Waals surface area contributed by atoms with Crippen LogP contribution in [0.15, 0.2) is 91.0 Å². The fraction of sp³-hybridized carbons (Fsp3) is 0.351. The number of unbranched alkanes of at least 4 members (excludes halogenated alkanes) is 2. The summed E-state index contributed by atoms with van der Waals surface area (Å²) in [5, 5.41) is 11.3. The standard InChI is InChI=1S/C37H42O6/c1-3-5-19-39-30-22-34(40-20-6-4-2)31-24-32(38)37(43-35(31)23-30)29-17-18-33(41-25-27-13-9-7-10-14-27)36(21-29)42-26-28-15-11-8-12-16-28/h7-18,21-23,32,37-38H,3-6,19-20,24-26H2,1-2H3/t32-,37?/m1/s1. The normalized spacial score (nSPS) is 15.7. The molecule has 0 fully saturated rings. The molecule has 6 nitrogen and oxygen atoms in total. The summed E-state index contributed by atoms with van der Waals surface area (Å²) in [5.41, 5.74) is 3.79. The van der Waals surface area contributed by atoms with Crippen LogP contribution in [-0.2, 0) is 19.6 Å². The zero-order valence-corrected chi connectivity index (χ0v) is 25.2. The lowest BCUT2D eigenvalue weighted by atomic mass is 9.93. The number of aliphatic hydroxyl groups excluding tert-OH is 1. The quantitative estimate of drug-likeness (QED) is 0.142. The Morgan fingerprint density at radius 2 is 1.30 bits per heavy atom. The SMILES string of the molecule is CCCCOc1cc(OCCCC)c2c(c1)OC(c1ccc(OCc3ccccc3)c(OCc3ccccc3)c1)[C@H](O)C2. The van der Waals surface area contributed by atoms with Gasteiger partial charge in [0.15, 0.2) is 11.5 Å². The van der Waals surface area contributed by atoms with Crippen LogP contribution in [0.2, 0.25) is 0 Å². The van der Waals surface area contributed by atoms with Gasteiger partial charge in [0.1, 0.15) is 36.6 Å². The lowest BCUT2D eigenvalue weighted by Gasteiger charge is -2.32. The van der Waals surface area contributed by atoms with Gasteiger partial charge in [-0.05, 0) is 41.7 Å². The molecule has 6 heteroatoms. The van der Waals surface area contributed by atoms with E-state index in [2.05, 4.69) is 13.8 Å². The molecule has 0 bridgehead atoms. The summed E-state index contributed by atoms with van der Waals surface area (Å²) >= 11 is 0. The summed E-state index contributed by atoms with van der Waals surface area (Å²) in [4.78, 5) is 0. The van der Waals surface area contributed by atoms with Gasteiger partial charge < -0.3 is 28.8 Å². The highest BCUT2D eigenvalue weighted by Gasteiger charge is 2.33. The van der Waals surface area contributed by atoms with Crippen LogP contribution in [0.1, 0.15) is 67.9 Å². The van der Waals surface area contributed by atoms with Gasteiger partial charge in [0.2, 0.25) is 0 Å². The van der Waals surface area contributed by atoms with E-state index in [0.29, 0.717) is 61.6 Å². The van der Waals surface area contributed by atoms with Crippen LogP contribution >= 0.6 is 0 Å². The molecule has 0 aliphatic carbocycles. The summed E-state index contributed by atoms with van der Waals surface area (Å²) in [5.74, 6) is 3.33. The fourth-order valence-corrected chi connectivity index (χ4v) is 5.00. The van der Waals surface area contributed by atoms with Crippen LogP contribution in [0.25, 0.3) is 0 Å². The van der Waals surface area contributed by atoms with E-state index in [1.807, 2.05) is 91.0 Å². The van der Waals surface area contributed by atoms with Crippen LogP contribution in [-0.4, -0.2) is 24.4 Å². The Morgan fingerprint density at radius 1 is 0.674 bits per heavy atom. The Hall–Kier alpha value is -4.16. The molecule has 5 rings (SSSR count). The fourth-order valence-electron chi connectivity index (χ4n) is 5.00. The van der Waals surface area contributed by atoms with Gasteiger partial charge in [0.25, 0.3) is 0 Å². The second kappa shape index (κ2) is 15.4. The van der Waals surface area contributed by atoms with Crippen LogP contribution in [0, 0.1) is 0 Å². The summed E-state index contributed by atoms with van der Waals surface area (Å²) in [6.45, 7) is 6.31. The maximum absolute atomic E-state index is 11.3. The Balaban J connectivity index is 1.41. The maximum Gasteiger partial charge on any atom is 0.162 e. The molecule has 1 N–H and O–H groups in total. The highest BCUT2D eigenvalue weighted by atomic mass is 16.5. The molecule has 1 unspecified atom stereocenters. The Bertz CT molecular complexity index is 1420. The molecule has 2 atom stereocenters. The molecular formula is C37H42O6. The van der Waals surface area contributed by atoms with Crippen molar-refractivity contribution in [3.63, 3.8) is 0 Å². The lowest BCUT2D eigenvalue weighted by Crippen LogP contribution is -2.30. The molecule has 0 saturated heterocycles. The zero-order chi connectivity index (χ0) is 29.9. The minimum atomic E-state index is -0.772. The van der Waals surface area contributed by atoms with Crippen LogP contribution in [0.5, 0.6) is 28.7 Å². The molecule has 1 aliphatic rings. The van der Waals surface area contributed by atoms with E-state index < -0.39 is 12.2 Å². The van der Waals surface area contributed by atoms with E-state index in [4.69, 9.17) is 23.7 Å². The predicted octanol–water partition coefficient (Wildman–Crippen LogP) is 8.24. The van der Waals surface area contributed by atoms with Crippen LogP contribution in [0.4, 0.5) is 0 Å². The molecule has 0 amide bonds. The largest absolute Gasteiger partial charge is 0.493 e. The Kier molecular flexibility index (Phi) is 10.8. The third kappa shape index (κ3) is 8.23. The van der Waals surface area contributed by atoms with E-state index in [-0.39, 0.29) is 0 Å². The topological polar surface area (TPSA) is 66.4 Å². The van der Waals surface area contributed by atoms with E-state index in [0.717, 1.165) is 47.9 Å². The number of rotatable bonds is 15. The van der Waals surface area contributed by atoms with E-state index in [9.17, 15) is 5.11 Å². The number of ether oxygens (including phenoxy) is 5. The first-order valence-corrected chi connectivity index (χ1v) is 15.4. The van der Waals surface area contributed by atoms with Crippen molar-refractivity contribution >= 4 is 0 Å². The lowest BCUT2D eigenvalue weighted by molar-refractivity contribution is 0.0193. The second-order valence-corrected chi connectivity index (χ2v) is 10.9. The highest BCUT2D eigenvalue weighted by Crippen LogP contribution is 2.44. The first-order chi connectivity index (χ1) is 21.1. The van der Waals surface area contributed by atoms with Gasteiger partial charge in [0.05, 0.1) is 19.3 Å². The predicted molar refractivity (Wildman–Crippen MR) is 168 cm³/mol. The number of hydrogen-bond donors (Lipinski definition) is 1. The van der Waals surface area contributed by atoms with Crippen molar-refractivity contribution in [1.82, 2.24) is 0 Å². The van der Waals surface area contributed by atoms with Crippen molar-refractivity contribution < 1.29 is 28.8 Å². The zero-order valence-electron chi connectivity index (χ0n) is 25.2. The van der Waals surface area contributed by atoms with Gasteiger partial charge in [-0.3, -0.25) is 0 Å². The Morgan fingerprint density at radius 3 is 1.95 bits per heavy atom. The molecule has 1 heterocycles. The van der Waals surface area contributed by atoms with E-state index >= 15 is 0 Å². The van der Waals surface area contributed by atoms with Gasteiger partial charge in [-0.1, -0.05) is 93.4 Å². The van der Waals surface area contributed by atoms with Crippen LogP contribution in [0.3, 0.4) is 0 Å². The highest BCUT2D eigenvalue weighted by molar-refractivity contribution is 5.53. The first kappa shape index (κ1) is 30.3. The van der Waals surface area contributed by atoms with Gasteiger partial charge in [0, 0.05) is 24.1 Å². The molecule has 0 aromatic heterocycles. The Labute approximate surface area is 255 Å². The van der Waals surface area contributed by atoms with E-state index in [1.54, 1.807) is 0 Å². The van der Waals surface area contributed by atoms with Gasteiger partial charge in [-0.25, -0.2) is 0 Å². The average Bonchev–Trinajstić information content (AvgIpc) is 3.04. The van der Waals surface area contributed by atoms with Crippen LogP contribution < -0.4 is 23.7 Å². The minimum absolute atomic E-state index is 0.389. The number of aliphatic hydroxyl groups is 1. The summed E-state index contributed by atoms with van der Waals surface area (Å²) in [6, 6.07) is 29.7. The molecule has 226 valence electrons. The number of hydrogen-bond acceptors (Lipinski definition) is 6. The summed E-state index contributed by atoms with van der Waals surface area (Å²) < 4.78 is 31.2. The van der Waals surface area contributed by atoms with Crippen molar-refractivity contribution in [1.29, 1.82) is 0 Å². The molecule has 0 saturated carbocycles.